The summed E-state index contributed by atoms with van der Waals surface area (Å²) in [4.78, 5) is 25.3. The van der Waals surface area contributed by atoms with Crippen LogP contribution >= 0.6 is 0 Å². The zero-order valence-electron chi connectivity index (χ0n) is 18.7. The molecule has 2 amide bonds. The molecule has 2 N–H and O–H groups in total. The van der Waals surface area contributed by atoms with E-state index in [1.807, 2.05) is 19.1 Å². The first-order valence-electron chi connectivity index (χ1n) is 11.0. The van der Waals surface area contributed by atoms with E-state index in [0.29, 0.717) is 17.2 Å². The molecule has 8 heteroatoms. The molecule has 0 saturated carbocycles. The van der Waals surface area contributed by atoms with Gasteiger partial charge in [0.25, 0.3) is 0 Å². The van der Waals surface area contributed by atoms with Crippen molar-refractivity contribution in [2.45, 2.75) is 26.8 Å². The van der Waals surface area contributed by atoms with E-state index in [2.05, 4.69) is 61.5 Å². The Balaban J connectivity index is 1.32. The van der Waals surface area contributed by atoms with Crippen molar-refractivity contribution in [1.82, 2.24) is 19.5 Å². The first kappa shape index (κ1) is 21.1. The van der Waals surface area contributed by atoms with E-state index >= 15 is 0 Å². The number of benzene rings is 1. The summed E-state index contributed by atoms with van der Waals surface area (Å²) in [6, 6.07) is 11.6. The lowest BCUT2D eigenvalue weighted by Crippen LogP contribution is -2.23. The number of amides is 2. The summed E-state index contributed by atoms with van der Waals surface area (Å²) >= 11 is 0. The van der Waals surface area contributed by atoms with Gasteiger partial charge in [-0.05, 0) is 43.7 Å². The SMILES string of the molecule is Cc1ccc(NC(=O)Nc2cncc(-c3ccc4c(ccn4CC4(C)CCOC4)c3)n2)cn1. The van der Waals surface area contributed by atoms with Crippen molar-refractivity contribution in [3.05, 3.63) is 66.9 Å². The molecule has 4 aromatic rings. The Bertz CT molecular complexity index is 1290. The number of aryl methyl sites for hydroxylation is 1. The summed E-state index contributed by atoms with van der Waals surface area (Å²) < 4.78 is 7.90. The quantitative estimate of drug-likeness (QED) is 0.460. The second-order valence-corrected chi connectivity index (χ2v) is 8.89. The summed E-state index contributed by atoms with van der Waals surface area (Å²) in [7, 11) is 0. The molecule has 1 saturated heterocycles. The van der Waals surface area contributed by atoms with Gasteiger partial charge in [-0.1, -0.05) is 13.0 Å². The number of rotatable bonds is 5. The number of hydrogen-bond acceptors (Lipinski definition) is 5. The number of hydrogen-bond donors (Lipinski definition) is 2. The number of nitrogens with zero attached hydrogens (tertiary/aromatic N) is 4. The van der Waals surface area contributed by atoms with E-state index in [1.165, 1.54) is 11.7 Å². The first-order chi connectivity index (χ1) is 16.0. The smallest absolute Gasteiger partial charge is 0.324 e. The van der Waals surface area contributed by atoms with Gasteiger partial charge in [-0.25, -0.2) is 9.78 Å². The lowest BCUT2D eigenvalue weighted by Gasteiger charge is -2.22. The molecule has 1 atom stereocenters. The maximum atomic E-state index is 12.3. The van der Waals surface area contributed by atoms with Crippen LogP contribution in [-0.2, 0) is 11.3 Å². The summed E-state index contributed by atoms with van der Waals surface area (Å²) in [5.41, 5.74) is 4.47. The fourth-order valence-corrected chi connectivity index (χ4v) is 4.13. The lowest BCUT2D eigenvalue weighted by molar-refractivity contribution is 0.151. The van der Waals surface area contributed by atoms with Gasteiger partial charge in [-0.2, -0.15) is 0 Å². The summed E-state index contributed by atoms with van der Waals surface area (Å²) in [5, 5.41) is 6.62. The molecule has 0 spiro atoms. The zero-order valence-corrected chi connectivity index (χ0v) is 18.7. The third kappa shape index (κ3) is 4.70. The standard InChI is InChI=1S/C25H26N6O2/c1-17-3-5-20(12-27-17)28-24(32)30-23-14-26-13-21(29-23)18-4-6-22-19(11-18)7-9-31(22)15-25(2)8-10-33-16-25/h3-7,9,11-14H,8,10,15-16H2,1-2H3,(H2,28,29,30,32). The number of urea groups is 1. The summed E-state index contributed by atoms with van der Waals surface area (Å²) in [5.74, 6) is 0.372. The molecule has 1 fully saturated rings. The second kappa shape index (κ2) is 8.63. The first-order valence-corrected chi connectivity index (χ1v) is 11.0. The molecule has 1 aliphatic rings. The minimum Gasteiger partial charge on any atom is -0.381 e. The van der Waals surface area contributed by atoms with Crippen LogP contribution < -0.4 is 10.6 Å². The van der Waals surface area contributed by atoms with Crippen LogP contribution in [0.4, 0.5) is 16.3 Å². The Hall–Kier alpha value is -3.78. The lowest BCUT2D eigenvalue weighted by atomic mass is 9.90. The fraction of sp³-hybridized carbons (Fsp3) is 0.280. The van der Waals surface area contributed by atoms with E-state index in [9.17, 15) is 4.79 Å². The molecular formula is C25H26N6O2. The van der Waals surface area contributed by atoms with Gasteiger partial charge in [-0.15, -0.1) is 0 Å². The van der Waals surface area contributed by atoms with Crippen molar-refractivity contribution in [3.8, 4) is 11.3 Å². The van der Waals surface area contributed by atoms with Crippen molar-refractivity contribution in [3.63, 3.8) is 0 Å². The van der Waals surface area contributed by atoms with Crippen molar-refractivity contribution < 1.29 is 9.53 Å². The second-order valence-electron chi connectivity index (χ2n) is 8.89. The molecule has 0 aliphatic carbocycles. The molecular weight excluding hydrogens is 416 g/mol. The molecule has 3 aromatic heterocycles. The molecule has 0 bridgehead atoms. The molecule has 1 aliphatic heterocycles. The van der Waals surface area contributed by atoms with Gasteiger partial charge in [-0.3, -0.25) is 15.3 Å². The predicted molar refractivity (Wildman–Crippen MR) is 128 cm³/mol. The Morgan fingerprint density at radius 3 is 2.85 bits per heavy atom. The van der Waals surface area contributed by atoms with Gasteiger partial charge in [0.05, 0.1) is 36.6 Å². The number of carbonyl (C=O) groups excluding carboxylic acids is 1. The molecule has 33 heavy (non-hydrogen) atoms. The van der Waals surface area contributed by atoms with E-state index in [0.717, 1.165) is 42.8 Å². The highest BCUT2D eigenvalue weighted by Gasteiger charge is 2.30. The van der Waals surface area contributed by atoms with Crippen LogP contribution in [0.2, 0.25) is 0 Å². The number of carbonyl (C=O) groups is 1. The molecule has 8 nitrogen and oxygen atoms in total. The third-order valence-electron chi connectivity index (χ3n) is 5.96. The minimum atomic E-state index is -0.399. The van der Waals surface area contributed by atoms with E-state index in [4.69, 9.17) is 4.74 Å². The average molecular weight is 443 g/mol. The van der Waals surface area contributed by atoms with Gasteiger partial charge in [0.15, 0.2) is 5.82 Å². The molecule has 1 aromatic carbocycles. The van der Waals surface area contributed by atoms with Crippen LogP contribution in [0, 0.1) is 12.3 Å². The molecule has 168 valence electrons. The molecule has 1 unspecified atom stereocenters. The van der Waals surface area contributed by atoms with Crippen LogP contribution in [-0.4, -0.2) is 38.8 Å². The van der Waals surface area contributed by atoms with E-state index in [1.54, 1.807) is 18.5 Å². The number of aromatic nitrogens is 4. The van der Waals surface area contributed by atoms with Gasteiger partial charge in [0.2, 0.25) is 0 Å². The van der Waals surface area contributed by atoms with Crippen LogP contribution in [0.5, 0.6) is 0 Å². The van der Waals surface area contributed by atoms with E-state index < -0.39 is 6.03 Å². The summed E-state index contributed by atoms with van der Waals surface area (Å²) in [6.07, 6.45) is 8.04. The number of anilines is 2. The fourth-order valence-electron chi connectivity index (χ4n) is 4.13. The van der Waals surface area contributed by atoms with E-state index in [-0.39, 0.29) is 5.41 Å². The zero-order chi connectivity index (χ0) is 22.8. The highest BCUT2D eigenvalue weighted by molar-refractivity contribution is 5.99. The number of fused-ring (bicyclic) bond motifs is 1. The number of ether oxygens (including phenoxy) is 1. The molecule has 0 radical (unpaired) electrons. The number of pyridine rings is 1. The molecule has 5 rings (SSSR count). The van der Waals surface area contributed by atoms with Crippen molar-refractivity contribution >= 4 is 28.4 Å². The third-order valence-corrected chi connectivity index (χ3v) is 5.96. The van der Waals surface area contributed by atoms with Gasteiger partial charge < -0.3 is 14.6 Å². The highest BCUT2D eigenvalue weighted by atomic mass is 16.5. The maximum absolute atomic E-state index is 12.3. The van der Waals surface area contributed by atoms with Crippen LogP contribution in [0.15, 0.2) is 61.2 Å². The van der Waals surface area contributed by atoms with Crippen LogP contribution in [0.1, 0.15) is 19.0 Å². The largest absolute Gasteiger partial charge is 0.381 e. The van der Waals surface area contributed by atoms with Crippen LogP contribution in [0.25, 0.3) is 22.2 Å². The average Bonchev–Trinajstić information content (AvgIpc) is 3.41. The Labute approximate surface area is 192 Å². The maximum Gasteiger partial charge on any atom is 0.324 e. The van der Waals surface area contributed by atoms with Gasteiger partial charge in [0, 0.05) is 46.9 Å². The highest BCUT2D eigenvalue weighted by Crippen LogP contribution is 2.32. The molecule has 4 heterocycles. The van der Waals surface area contributed by atoms with Crippen molar-refractivity contribution in [2.75, 3.05) is 23.8 Å². The van der Waals surface area contributed by atoms with Gasteiger partial charge >= 0.3 is 6.03 Å². The predicted octanol–water partition coefficient (Wildman–Crippen LogP) is 4.87. The monoisotopic (exact) mass is 442 g/mol. The van der Waals surface area contributed by atoms with Crippen molar-refractivity contribution in [2.24, 2.45) is 5.41 Å². The van der Waals surface area contributed by atoms with Gasteiger partial charge in [0.1, 0.15) is 0 Å². The summed E-state index contributed by atoms with van der Waals surface area (Å²) in [6.45, 7) is 6.74. The minimum absolute atomic E-state index is 0.172. The topological polar surface area (TPSA) is 94.0 Å². The Morgan fingerprint density at radius 1 is 1.15 bits per heavy atom. The normalized spacial score (nSPS) is 17.9. The Kier molecular flexibility index (Phi) is 5.51. The Morgan fingerprint density at radius 2 is 2.06 bits per heavy atom. The van der Waals surface area contributed by atoms with Crippen LogP contribution in [0.3, 0.4) is 0 Å². The van der Waals surface area contributed by atoms with Crippen molar-refractivity contribution in [1.29, 1.82) is 0 Å². The number of nitrogens with one attached hydrogen (secondary N) is 2.